The van der Waals surface area contributed by atoms with Crippen molar-refractivity contribution in [2.45, 2.75) is 6.10 Å². The molecule has 1 atom stereocenters. The number of rotatable bonds is 5. The first-order valence-electron chi connectivity index (χ1n) is 6.08. The maximum absolute atomic E-state index is 11.7. The van der Waals surface area contributed by atoms with Gasteiger partial charge in [0.1, 0.15) is 6.10 Å². The van der Waals surface area contributed by atoms with Crippen molar-refractivity contribution in [2.75, 3.05) is 6.54 Å². The second kappa shape index (κ2) is 7.24. The fourth-order valence-electron chi connectivity index (χ4n) is 1.61. The van der Waals surface area contributed by atoms with E-state index in [0.29, 0.717) is 5.02 Å². The first-order chi connectivity index (χ1) is 9.66. The van der Waals surface area contributed by atoms with Crippen molar-refractivity contribution in [2.24, 2.45) is 0 Å². The molecule has 0 saturated heterocycles. The lowest BCUT2D eigenvalue weighted by Gasteiger charge is -2.08. The number of hydrogen-bond acceptors (Lipinski definition) is 3. The predicted octanol–water partition coefficient (Wildman–Crippen LogP) is 3.26. The molecule has 0 spiro atoms. The fraction of sp³-hybridized carbons (Fsp3) is 0.133. The monoisotopic (exact) mass is 307 g/mol. The van der Waals surface area contributed by atoms with E-state index in [-0.39, 0.29) is 12.5 Å². The summed E-state index contributed by atoms with van der Waals surface area (Å²) in [6.45, 7) is 0.187. The molecule has 1 unspecified atom stereocenters. The summed E-state index contributed by atoms with van der Waals surface area (Å²) in [6.07, 6.45) is 2.38. The van der Waals surface area contributed by atoms with Crippen molar-refractivity contribution in [1.29, 1.82) is 0 Å². The Hall–Kier alpha value is -1.62. The minimum Gasteiger partial charge on any atom is -0.386 e. The predicted molar refractivity (Wildman–Crippen MR) is 82.8 cm³/mol. The molecule has 0 saturated carbocycles. The third-order valence-corrected chi connectivity index (χ3v) is 3.98. The highest BCUT2D eigenvalue weighted by Crippen LogP contribution is 2.18. The summed E-state index contributed by atoms with van der Waals surface area (Å²) in [5.74, 6) is -0.263. The van der Waals surface area contributed by atoms with E-state index in [0.717, 1.165) is 10.4 Å². The third-order valence-electron chi connectivity index (χ3n) is 2.66. The first-order valence-corrected chi connectivity index (χ1v) is 7.34. The summed E-state index contributed by atoms with van der Waals surface area (Å²) in [4.78, 5) is 12.5. The van der Waals surface area contributed by atoms with E-state index in [2.05, 4.69) is 5.32 Å². The minimum atomic E-state index is -0.673. The Balaban J connectivity index is 1.85. The molecule has 2 aromatic rings. The van der Waals surface area contributed by atoms with E-state index in [9.17, 15) is 9.90 Å². The Kier molecular flexibility index (Phi) is 5.35. The highest BCUT2D eigenvalue weighted by molar-refractivity contribution is 7.10. The van der Waals surface area contributed by atoms with Crippen LogP contribution in [0, 0.1) is 0 Å². The minimum absolute atomic E-state index is 0.187. The summed E-state index contributed by atoms with van der Waals surface area (Å²) in [5.41, 5.74) is 0.781. The van der Waals surface area contributed by atoms with Gasteiger partial charge in [0.15, 0.2) is 0 Å². The standard InChI is InChI=1S/C15H14ClNO2S/c16-12-5-2-1-4-11(12)7-8-15(19)17-10-13(18)14-6-3-9-20-14/h1-9,13,18H,10H2,(H,17,19). The molecule has 0 aliphatic heterocycles. The highest BCUT2D eigenvalue weighted by atomic mass is 35.5. The lowest BCUT2D eigenvalue weighted by Crippen LogP contribution is -2.26. The Morgan fingerprint density at radius 3 is 2.85 bits per heavy atom. The largest absolute Gasteiger partial charge is 0.386 e. The van der Waals surface area contributed by atoms with Crippen LogP contribution in [0.3, 0.4) is 0 Å². The maximum atomic E-state index is 11.7. The molecule has 2 N–H and O–H groups in total. The molecule has 1 aromatic carbocycles. The van der Waals surface area contributed by atoms with Gasteiger partial charge in [0.05, 0.1) is 0 Å². The van der Waals surface area contributed by atoms with Crippen LogP contribution in [0.2, 0.25) is 5.02 Å². The van der Waals surface area contributed by atoms with Crippen molar-refractivity contribution in [1.82, 2.24) is 5.32 Å². The van der Waals surface area contributed by atoms with Crippen molar-refractivity contribution >= 4 is 34.9 Å². The van der Waals surface area contributed by atoms with Crippen molar-refractivity contribution in [3.63, 3.8) is 0 Å². The summed E-state index contributed by atoms with van der Waals surface area (Å²) in [7, 11) is 0. The van der Waals surface area contributed by atoms with Gasteiger partial charge in [-0.05, 0) is 29.2 Å². The number of hydrogen-bond donors (Lipinski definition) is 2. The van der Waals surface area contributed by atoms with E-state index >= 15 is 0 Å². The lowest BCUT2D eigenvalue weighted by molar-refractivity contribution is -0.116. The topological polar surface area (TPSA) is 49.3 Å². The summed E-state index contributed by atoms with van der Waals surface area (Å²) in [5, 5.41) is 15.0. The number of aliphatic hydroxyl groups excluding tert-OH is 1. The quantitative estimate of drug-likeness (QED) is 0.833. The van der Waals surface area contributed by atoms with Crippen LogP contribution < -0.4 is 5.32 Å². The molecule has 104 valence electrons. The second-order valence-corrected chi connectivity index (χ2v) is 5.52. The van der Waals surface area contributed by atoms with Crippen LogP contribution in [-0.2, 0) is 4.79 Å². The van der Waals surface area contributed by atoms with Gasteiger partial charge in [-0.15, -0.1) is 11.3 Å². The Bertz CT molecular complexity index is 596. The molecule has 1 aromatic heterocycles. The number of benzene rings is 1. The average molecular weight is 308 g/mol. The van der Waals surface area contributed by atoms with E-state index < -0.39 is 6.10 Å². The highest BCUT2D eigenvalue weighted by Gasteiger charge is 2.08. The van der Waals surface area contributed by atoms with Crippen LogP contribution in [0.5, 0.6) is 0 Å². The van der Waals surface area contributed by atoms with Crippen molar-refractivity contribution in [3.8, 4) is 0 Å². The van der Waals surface area contributed by atoms with Gasteiger partial charge in [-0.1, -0.05) is 35.9 Å². The molecule has 0 bridgehead atoms. The van der Waals surface area contributed by atoms with Crippen LogP contribution in [0.25, 0.3) is 6.08 Å². The van der Waals surface area contributed by atoms with Crippen LogP contribution in [0.1, 0.15) is 16.5 Å². The van der Waals surface area contributed by atoms with Gasteiger partial charge in [0, 0.05) is 22.5 Å². The molecular formula is C15H14ClNO2S. The molecule has 5 heteroatoms. The molecule has 0 aliphatic carbocycles. The summed E-state index contributed by atoms with van der Waals surface area (Å²) >= 11 is 7.44. The van der Waals surface area contributed by atoms with Gasteiger partial charge in [-0.25, -0.2) is 0 Å². The molecule has 0 radical (unpaired) electrons. The number of amides is 1. The van der Waals surface area contributed by atoms with E-state index in [4.69, 9.17) is 11.6 Å². The Morgan fingerprint density at radius 2 is 2.15 bits per heavy atom. The first kappa shape index (κ1) is 14.8. The second-order valence-electron chi connectivity index (χ2n) is 4.13. The third kappa shape index (κ3) is 4.20. The lowest BCUT2D eigenvalue weighted by atomic mass is 10.2. The van der Waals surface area contributed by atoms with Crippen LogP contribution in [-0.4, -0.2) is 17.6 Å². The van der Waals surface area contributed by atoms with Crippen LogP contribution in [0.4, 0.5) is 0 Å². The van der Waals surface area contributed by atoms with Gasteiger partial charge in [0.2, 0.25) is 5.91 Å². The number of carbonyl (C=O) groups is 1. The zero-order valence-corrected chi connectivity index (χ0v) is 12.2. The zero-order valence-electron chi connectivity index (χ0n) is 10.6. The SMILES string of the molecule is O=C(C=Cc1ccccc1Cl)NCC(O)c1cccs1. The van der Waals surface area contributed by atoms with E-state index in [1.165, 1.54) is 17.4 Å². The molecule has 1 amide bonds. The molecule has 0 aliphatic rings. The summed E-state index contributed by atoms with van der Waals surface area (Å²) in [6, 6.07) is 11.0. The van der Waals surface area contributed by atoms with Gasteiger partial charge >= 0.3 is 0 Å². The molecule has 0 fully saturated rings. The molecule has 20 heavy (non-hydrogen) atoms. The van der Waals surface area contributed by atoms with Crippen LogP contribution >= 0.6 is 22.9 Å². The molecular weight excluding hydrogens is 294 g/mol. The Labute approximate surface area is 126 Å². The van der Waals surface area contributed by atoms with Crippen molar-refractivity contribution < 1.29 is 9.90 Å². The average Bonchev–Trinajstić information content (AvgIpc) is 2.98. The number of thiophene rings is 1. The van der Waals surface area contributed by atoms with Gasteiger partial charge in [-0.3, -0.25) is 4.79 Å². The molecule has 2 rings (SSSR count). The summed E-state index contributed by atoms with van der Waals surface area (Å²) < 4.78 is 0. The normalized spacial score (nSPS) is 12.5. The molecule has 1 heterocycles. The van der Waals surface area contributed by atoms with Crippen molar-refractivity contribution in [3.05, 3.63) is 63.3 Å². The zero-order chi connectivity index (χ0) is 14.4. The van der Waals surface area contributed by atoms with E-state index in [1.807, 2.05) is 35.7 Å². The van der Waals surface area contributed by atoms with Gasteiger partial charge in [-0.2, -0.15) is 0 Å². The Morgan fingerprint density at radius 1 is 1.35 bits per heavy atom. The number of carbonyl (C=O) groups excluding carboxylic acids is 1. The number of aliphatic hydroxyl groups is 1. The smallest absolute Gasteiger partial charge is 0.244 e. The van der Waals surface area contributed by atoms with E-state index in [1.54, 1.807) is 12.1 Å². The number of nitrogens with one attached hydrogen (secondary N) is 1. The number of halogens is 1. The van der Waals surface area contributed by atoms with Gasteiger partial charge in [0.25, 0.3) is 0 Å². The van der Waals surface area contributed by atoms with Crippen LogP contribution in [0.15, 0.2) is 47.9 Å². The molecule has 3 nitrogen and oxygen atoms in total. The van der Waals surface area contributed by atoms with Gasteiger partial charge < -0.3 is 10.4 Å². The fourth-order valence-corrected chi connectivity index (χ4v) is 2.52. The maximum Gasteiger partial charge on any atom is 0.244 e.